The largest absolute Gasteiger partial charge is 0.351 e. The maximum Gasteiger partial charge on any atom is 0.148 e. The van der Waals surface area contributed by atoms with Crippen LogP contribution in [0.15, 0.2) is 4.99 Å². The van der Waals surface area contributed by atoms with Gasteiger partial charge in [0, 0.05) is 6.21 Å². The summed E-state index contributed by atoms with van der Waals surface area (Å²) in [5.41, 5.74) is 5.36. The van der Waals surface area contributed by atoms with Crippen molar-refractivity contribution < 1.29 is 4.74 Å². The molecule has 1 aliphatic heterocycles. The lowest BCUT2D eigenvalue weighted by atomic mass is 10.2. The van der Waals surface area contributed by atoms with Crippen molar-refractivity contribution in [1.29, 1.82) is 0 Å². The van der Waals surface area contributed by atoms with E-state index in [9.17, 15) is 0 Å². The normalized spacial score (nSPS) is 22.8. The monoisotopic (exact) mass is 156 g/mol. The van der Waals surface area contributed by atoms with Gasteiger partial charge >= 0.3 is 0 Å². The van der Waals surface area contributed by atoms with Crippen LogP contribution in [0.2, 0.25) is 0 Å². The van der Waals surface area contributed by atoms with Gasteiger partial charge in [0.25, 0.3) is 0 Å². The zero-order valence-electron chi connectivity index (χ0n) is 6.83. The van der Waals surface area contributed by atoms with Crippen molar-refractivity contribution in [3.8, 4) is 0 Å². The number of nitrogens with zero attached hydrogens (tertiary/aromatic N) is 1. The second-order valence-corrected chi connectivity index (χ2v) is 2.76. The molecule has 0 aliphatic carbocycles. The molecule has 11 heavy (non-hydrogen) atoms. The maximum atomic E-state index is 5.36. The molecule has 0 aromatic rings. The third-order valence-electron chi connectivity index (χ3n) is 1.79. The van der Waals surface area contributed by atoms with Crippen LogP contribution < -0.4 is 5.73 Å². The molecule has 2 N–H and O–H groups in total. The number of nitrogens with two attached hydrogens (primary N) is 1. The Morgan fingerprint density at radius 2 is 2.36 bits per heavy atom. The van der Waals surface area contributed by atoms with Crippen LogP contribution in [0.1, 0.15) is 25.7 Å². The fraction of sp³-hybridized carbons (Fsp3) is 0.875. The molecule has 3 heteroatoms. The van der Waals surface area contributed by atoms with Gasteiger partial charge in [-0.3, -0.25) is 4.99 Å². The molecule has 0 aromatic carbocycles. The van der Waals surface area contributed by atoms with E-state index >= 15 is 0 Å². The molecule has 0 spiro atoms. The summed E-state index contributed by atoms with van der Waals surface area (Å²) in [6, 6.07) is 0. The third-order valence-corrected chi connectivity index (χ3v) is 1.79. The molecule has 64 valence electrons. The SMILES string of the molecule is NCCCCCC1N=CCO1. The molecule has 1 rings (SSSR count). The number of rotatable bonds is 5. The molecule has 0 radical (unpaired) electrons. The maximum absolute atomic E-state index is 5.36. The number of aliphatic imine (C=N–C) groups is 1. The summed E-state index contributed by atoms with van der Waals surface area (Å²) < 4.78 is 5.28. The van der Waals surface area contributed by atoms with E-state index in [1.54, 1.807) is 0 Å². The Morgan fingerprint density at radius 1 is 1.45 bits per heavy atom. The Balaban J connectivity index is 1.90. The van der Waals surface area contributed by atoms with Crippen LogP contribution in [0.5, 0.6) is 0 Å². The van der Waals surface area contributed by atoms with E-state index in [0.29, 0.717) is 6.61 Å². The molecular weight excluding hydrogens is 140 g/mol. The number of unbranched alkanes of at least 4 members (excludes halogenated alkanes) is 2. The first kappa shape index (κ1) is 8.68. The van der Waals surface area contributed by atoms with Crippen molar-refractivity contribution in [2.45, 2.75) is 31.9 Å². The summed E-state index contributed by atoms with van der Waals surface area (Å²) in [7, 11) is 0. The van der Waals surface area contributed by atoms with Crippen molar-refractivity contribution in [2.75, 3.05) is 13.2 Å². The standard InChI is InChI=1S/C8H16N2O/c9-5-3-1-2-4-8-10-6-7-11-8/h6,8H,1-5,7,9H2. The van der Waals surface area contributed by atoms with Gasteiger partial charge in [0.2, 0.25) is 0 Å². The molecule has 0 saturated heterocycles. The summed E-state index contributed by atoms with van der Waals surface area (Å²) in [4.78, 5) is 4.15. The fourth-order valence-electron chi connectivity index (χ4n) is 1.16. The highest BCUT2D eigenvalue weighted by molar-refractivity contribution is 5.60. The van der Waals surface area contributed by atoms with Gasteiger partial charge in [-0.25, -0.2) is 0 Å². The van der Waals surface area contributed by atoms with Crippen LogP contribution in [0.3, 0.4) is 0 Å². The molecule has 1 heterocycles. The third kappa shape index (κ3) is 3.49. The van der Waals surface area contributed by atoms with Crippen molar-refractivity contribution in [3.05, 3.63) is 0 Å². The highest BCUT2D eigenvalue weighted by Crippen LogP contribution is 2.09. The Bertz CT molecular complexity index is 125. The summed E-state index contributed by atoms with van der Waals surface area (Å²) >= 11 is 0. The second-order valence-electron chi connectivity index (χ2n) is 2.76. The zero-order valence-corrected chi connectivity index (χ0v) is 6.83. The lowest BCUT2D eigenvalue weighted by Crippen LogP contribution is -2.04. The average Bonchev–Trinajstić information content (AvgIpc) is 2.50. The minimum atomic E-state index is 0.146. The predicted octanol–water partition coefficient (Wildman–Crippen LogP) is 0.933. The van der Waals surface area contributed by atoms with Crippen LogP contribution in [0.25, 0.3) is 0 Å². The summed E-state index contributed by atoms with van der Waals surface area (Å²) in [6.45, 7) is 1.50. The molecule has 1 unspecified atom stereocenters. The molecule has 0 fully saturated rings. The second kappa shape index (κ2) is 5.27. The molecule has 0 amide bonds. The summed E-state index contributed by atoms with van der Waals surface area (Å²) in [5.74, 6) is 0. The van der Waals surface area contributed by atoms with Crippen LogP contribution in [-0.2, 0) is 4.74 Å². The van der Waals surface area contributed by atoms with Gasteiger partial charge in [-0.2, -0.15) is 0 Å². The van der Waals surface area contributed by atoms with E-state index < -0.39 is 0 Å². The van der Waals surface area contributed by atoms with Crippen LogP contribution >= 0.6 is 0 Å². The molecule has 1 atom stereocenters. The smallest absolute Gasteiger partial charge is 0.148 e. The number of hydrogen-bond donors (Lipinski definition) is 1. The quantitative estimate of drug-likeness (QED) is 0.602. The van der Waals surface area contributed by atoms with E-state index in [-0.39, 0.29) is 6.23 Å². The molecular formula is C8H16N2O. The lowest BCUT2D eigenvalue weighted by Gasteiger charge is -2.05. The van der Waals surface area contributed by atoms with Crippen molar-refractivity contribution in [3.63, 3.8) is 0 Å². The Hall–Kier alpha value is -0.410. The summed E-state index contributed by atoms with van der Waals surface area (Å²) in [5, 5.41) is 0. The fourth-order valence-corrected chi connectivity index (χ4v) is 1.16. The minimum Gasteiger partial charge on any atom is -0.351 e. The average molecular weight is 156 g/mol. The molecule has 0 aromatic heterocycles. The predicted molar refractivity (Wildman–Crippen MR) is 45.8 cm³/mol. The molecule has 0 bridgehead atoms. The first-order chi connectivity index (χ1) is 5.43. The van der Waals surface area contributed by atoms with Gasteiger partial charge in [0.05, 0.1) is 6.61 Å². The van der Waals surface area contributed by atoms with E-state index in [1.807, 2.05) is 6.21 Å². The van der Waals surface area contributed by atoms with Gasteiger partial charge < -0.3 is 10.5 Å². The van der Waals surface area contributed by atoms with E-state index in [4.69, 9.17) is 10.5 Å². The Morgan fingerprint density at radius 3 is 3.00 bits per heavy atom. The van der Waals surface area contributed by atoms with Crippen molar-refractivity contribution in [2.24, 2.45) is 10.7 Å². The Labute approximate surface area is 67.6 Å². The molecule has 0 saturated carbocycles. The highest BCUT2D eigenvalue weighted by Gasteiger charge is 2.08. The van der Waals surface area contributed by atoms with E-state index in [2.05, 4.69) is 4.99 Å². The minimum absolute atomic E-state index is 0.146. The number of hydrogen-bond acceptors (Lipinski definition) is 3. The van der Waals surface area contributed by atoms with Gasteiger partial charge in [-0.1, -0.05) is 6.42 Å². The van der Waals surface area contributed by atoms with E-state index in [0.717, 1.165) is 19.4 Å². The van der Waals surface area contributed by atoms with Crippen molar-refractivity contribution >= 4 is 6.21 Å². The van der Waals surface area contributed by atoms with Crippen LogP contribution in [0, 0.1) is 0 Å². The van der Waals surface area contributed by atoms with Crippen LogP contribution in [0.4, 0.5) is 0 Å². The van der Waals surface area contributed by atoms with Gasteiger partial charge in [0.1, 0.15) is 6.23 Å². The molecule has 3 nitrogen and oxygen atoms in total. The molecule has 1 aliphatic rings. The van der Waals surface area contributed by atoms with Gasteiger partial charge in [0.15, 0.2) is 0 Å². The topological polar surface area (TPSA) is 47.6 Å². The lowest BCUT2D eigenvalue weighted by molar-refractivity contribution is 0.100. The van der Waals surface area contributed by atoms with Crippen molar-refractivity contribution in [1.82, 2.24) is 0 Å². The van der Waals surface area contributed by atoms with Gasteiger partial charge in [-0.15, -0.1) is 0 Å². The highest BCUT2D eigenvalue weighted by atomic mass is 16.5. The number of ether oxygens (including phenoxy) is 1. The Kier molecular flexibility index (Phi) is 4.16. The van der Waals surface area contributed by atoms with Crippen LogP contribution in [-0.4, -0.2) is 25.6 Å². The summed E-state index contributed by atoms with van der Waals surface area (Å²) in [6.07, 6.45) is 6.54. The van der Waals surface area contributed by atoms with E-state index in [1.165, 1.54) is 12.8 Å². The first-order valence-electron chi connectivity index (χ1n) is 4.27. The zero-order chi connectivity index (χ0) is 7.94. The van der Waals surface area contributed by atoms with Gasteiger partial charge in [-0.05, 0) is 25.8 Å². The first-order valence-corrected chi connectivity index (χ1v) is 4.27.